The van der Waals surface area contributed by atoms with E-state index >= 15 is 0 Å². The van der Waals surface area contributed by atoms with E-state index in [1.165, 1.54) is 0 Å². The van der Waals surface area contributed by atoms with Crippen LogP contribution in [0.5, 0.6) is 5.75 Å². The van der Waals surface area contributed by atoms with Crippen LogP contribution in [0, 0.1) is 5.92 Å². The van der Waals surface area contributed by atoms with Crippen molar-refractivity contribution in [1.29, 1.82) is 0 Å². The van der Waals surface area contributed by atoms with Gasteiger partial charge in [-0.25, -0.2) is 4.79 Å². The third-order valence-electron chi connectivity index (χ3n) is 3.63. The van der Waals surface area contributed by atoms with E-state index in [1.807, 2.05) is 49.4 Å². The lowest BCUT2D eigenvalue weighted by atomic mass is 9.87. The van der Waals surface area contributed by atoms with Gasteiger partial charge in [0.05, 0.1) is 6.61 Å². The molecule has 0 spiro atoms. The summed E-state index contributed by atoms with van der Waals surface area (Å²) in [6.45, 7) is 6.64. The Kier molecular flexibility index (Phi) is 5.40. The first-order valence-corrected chi connectivity index (χ1v) is 7.63. The lowest BCUT2D eigenvalue weighted by Crippen LogP contribution is -2.30. The average molecular weight is 314 g/mol. The molecular weight excluding hydrogens is 292 g/mol. The molecule has 0 aliphatic rings. The third-order valence-corrected chi connectivity index (χ3v) is 3.63. The van der Waals surface area contributed by atoms with Gasteiger partial charge in [-0.05, 0) is 24.5 Å². The van der Waals surface area contributed by atoms with Gasteiger partial charge in [0, 0.05) is 5.56 Å². The maximum absolute atomic E-state index is 11.0. The van der Waals surface area contributed by atoms with Crippen molar-refractivity contribution in [1.82, 2.24) is 0 Å². The first kappa shape index (κ1) is 17.0. The third kappa shape index (κ3) is 4.11. The molecule has 23 heavy (non-hydrogen) atoms. The Morgan fingerprint density at radius 3 is 2.30 bits per heavy atom. The molecule has 1 N–H and O–H groups in total. The maximum atomic E-state index is 11.0. The van der Waals surface area contributed by atoms with Crippen molar-refractivity contribution in [3.63, 3.8) is 0 Å². The molecule has 0 saturated carbocycles. The van der Waals surface area contributed by atoms with Gasteiger partial charge in [-0.1, -0.05) is 62.4 Å². The van der Waals surface area contributed by atoms with Crippen LogP contribution in [0.15, 0.2) is 54.6 Å². The molecule has 0 fully saturated rings. The molecule has 2 aromatic carbocycles. The van der Waals surface area contributed by atoms with Crippen LogP contribution in [0.4, 0.5) is 4.79 Å². The smallest absolute Gasteiger partial charge is 0.449 e. The Bertz CT molecular complexity index is 651. The summed E-state index contributed by atoms with van der Waals surface area (Å²) in [6.07, 6.45) is -1.34. The van der Waals surface area contributed by atoms with Gasteiger partial charge in [-0.15, -0.1) is 0 Å². The summed E-state index contributed by atoms with van der Waals surface area (Å²) < 4.78 is 11.2. The minimum atomic E-state index is -1.34. The zero-order valence-corrected chi connectivity index (χ0v) is 13.7. The fourth-order valence-corrected chi connectivity index (χ4v) is 2.45. The molecular formula is C19H22O4. The number of para-hydroxylation sites is 1. The molecule has 4 nitrogen and oxygen atoms in total. The second-order valence-electron chi connectivity index (χ2n) is 5.97. The molecule has 4 heteroatoms. The number of hydrogen-bond acceptors (Lipinski definition) is 3. The van der Waals surface area contributed by atoms with E-state index in [2.05, 4.69) is 13.8 Å². The van der Waals surface area contributed by atoms with Gasteiger partial charge in [-0.2, -0.15) is 0 Å². The molecule has 1 unspecified atom stereocenters. The molecule has 0 radical (unpaired) electrons. The van der Waals surface area contributed by atoms with E-state index in [0.717, 1.165) is 5.56 Å². The van der Waals surface area contributed by atoms with Crippen LogP contribution in [0.2, 0.25) is 0 Å². The lowest BCUT2D eigenvalue weighted by Gasteiger charge is -2.33. The minimum Gasteiger partial charge on any atom is -0.449 e. The van der Waals surface area contributed by atoms with Crippen molar-refractivity contribution in [3.8, 4) is 5.75 Å². The topological polar surface area (TPSA) is 55.8 Å². The predicted octanol–water partition coefficient (Wildman–Crippen LogP) is 4.68. The summed E-state index contributed by atoms with van der Waals surface area (Å²) in [7, 11) is 0. The van der Waals surface area contributed by atoms with E-state index in [0.29, 0.717) is 18.1 Å². The zero-order chi connectivity index (χ0) is 16.9. The van der Waals surface area contributed by atoms with E-state index < -0.39 is 11.8 Å². The highest BCUT2D eigenvalue weighted by atomic mass is 16.7. The highest BCUT2D eigenvalue weighted by Crippen LogP contribution is 2.39. The van der Waals surface area contributed by atoms with E-state index in [4.69, 9.17) is 14.6 Å². The molecule has 0 bridgehead atoms. The minimum absolute atomic E-state index is 0.287. The van der Waals surface area contributed by atoms with Crippen LogP contribution in [0.3, 0.4) is 0 Å². The van der Waals surface area contributed by atoms with Gasteiger partial charge in [0.25, 0.3) is 0 Å². The Morgan fingerprint density at radius 1 is 1.09 bits per heavy atom. The second-order valence-corrected chi connectivity index (χ2v) is 5.97. The molecule has 0 amide bonds. The number of rotatable bonds is 6. The number of carboxylic acid groups (broad SMARTS) is 1. The fraction of sp³-hybridized carbons (Fsp3) is 0.316. The molecule has 0 aliphatic carbocycles. The predicted molar refractivity (Wildman–Crippen MR) is 88.8 cm³/mol. The van der Waals surface area contributed by atoms with Gasteiger partial charge in [0.15, 0.2) is 0 Å². The van der Waals surface area contributed by atoms with Gasteiger partial charge in [-0.3, -0.25) is 0 Å². The summed E-state index contributed by atoms with van der Waals surface area (Å²) >= 11 is 0. The normalized spacial score (nSPS) is 13.6. The van der Waals surface area contributed by atoms with E-state index in [9.17, 15) is 4.79 Å². The largest absolute Gasteiger partial charge is 0.511 e. The van der Waals surface area contributed by atoms with Crippen LogP contribution >= 0.6 is 0 Å². The standard InChI is InChI=1S/C19H22O4/c1-14(2)13-22-19(3,15-9-5-4-6-10-15)16-11-7-8-12-17(16)23-18(20)21/h4-12,14H,13H2,1-3H3,(H,20,21). The Morgan fingerprint density at radius 2 is 1.70 bits per heavy atom. The van der Waals surface area contributed by atoms with Crippen LogP contribution in [0.1, 0.15) is 31.9 Å². The molecule has 0 saturated heterocycles. The summed E-state index contributed by atoms with van der Waals surface area (Å²) in [4.78, 5) is 11.0. The molecule has 2 aromatic rings. The van der Waals surface area contributed by atoms with Crippen molar-refractivity contribution in [2.75, 3.05) is 6.61 Å². The average Bonchev–Trinajstić information content (AvgIpc) is 2.53. The summed E-state index contributed by atoms with van der Waals surface area (Å²) in [5, 5.41) is 8.98. The van der Waals surface area contributed by atoms with Crippen molar-refractivity contribution in [2.24, 2.45) is 5.92 Å². The summed E-state index contributed by atoms with van der Waals surface area (Å²) in [5.74, 6) is 0.640. The zero-order valence-electron chi connectivity index (χ0n) is 13.7. The second kappa shape index (κ2) is 7.29. The monoisotopic (exact) mass is 314 g/mol. The van der Waals surface area contributed by atoms with Crippen LogP contribution in [0.25, 0.3) is 0 Å². The lowest BCUT2D eigenvalue weighted by molar-refractivity contribution is -0.0196. The molecule has 1 atom stereocenters. The van der Waals surface area contributed by atoms with Crippen molar-refractivity contribution in [3.05, 3.63) is 65.7 Å². The van der Waals surface area contributed by atoms with Gasteiger partial charge in [0.1, 0.15) is 11.4 Å². The first-order valence-electron chi connectivity index (χ1n) is 7.63. The van der Waals surface area contributed by atoms with Crippen LogP contribution in [-0.4, -0.2) is 17.9 Å². The Labute approximate surface area is 136 Å². The number of ether oxygens (including phenoxy) is 2. The highest BCUT2D eigenvalue weighted by Gasteiger charge is 2.33. The summed E-state index contributed by atoms with van der Waals surface area (Å²) in [5.41, 5.74) is 0.841. The van der Waals surface area contributed by atoms with Gasteiger partial charge < -0.3 is 14.6 Å². The SMILES string of the molecule is CC(C)COC(C)(c1ccccc1)c1ccccc1OC(=O)O. The van der Waals surface area contributed by atoms with Crippen molar-refractivity contribution < 1.29 is 19.4 Å². The molecule has 0 aliphatic heterocycles. The molecule has 0 heterocycles. The van der Waals surface area contributed by atoms with Crippen LogP contribution < -0.4 is 4.74 Å². The van der Waals surface area contributed by atoms with E-state index in [-0.39, 0.29) is 5.75 Å². The quantitative estimate of drug-likeness (QED) is 0.621. The summed E-state index contributed by atoms with van der Waals surface area (Å²) in [6, 6.07) is 16.8. The van der Waals surface area contributed by atoms with Gasteiger partial charge >= 0.3 is 6.16 Å². The Hall–Kier alpha value is -2.33. The molecule has 2 rings (SSSR count). The van der Waals surface area contributed by atoms with Gasteiger partial charge in [0.2, 0.25) is 0 Å². The molecule has 0 aromatic heterocycles. The highest BCUT2D eigenvalue weighted by molar-refractivity contribution is 5.62. The Balaban J connectivity index is 2.52. The number of benzene rings is 2. The fourth-order valence-electron chi connectivity index (χ4n) is 2.45. The molecule has 122 valence electrons. The number of carbonyl (C=O) groups is 1. The van der Waals surface area contributed by atoms with Crippen molar-refractivity contribution >= 4 is 6.16 Å². The van der Waals surface area contributed by atoms with E-state index in [1.54, 1.807) is 12.1 Å². The van der Waals surface area contributed by atoms with Crippen LogP contribution in [-0.2, 0) is 10.3 Å². The van der Waals surface area contributed by atoms with Crippen molar-refractivity contribution in [2.45, 2.75) is 26.4 Å². The maximum Gasteiger partial charge on any atom is 0.511 e. The number of hydrogen-bond donors (Lipinski definition) is 1. The first-order chi connectivity index (χ1) is 10.9.